The Balaban J connectivity index is 0.000000360. The molecule has 1 rings (SSSR count). The molecule has 2 heteroatoms. The van der Waals surface area contributed by atoms with Crippen molar-refractivity contribution < 1.29 is 0 Å². The van der Waals surface area contributed by atoms with Gasteiger partial charge in [0.25, 0.3) is 0 Å². The maximum atomic E-state index is 2.53. The van der Waals surface area contributed by atoms with Gasteiger partial charge in [0.1, 0.15) is 0 Å². The molecule has 0 aliphatic heterocycles. The van der Waals surface area contributed by atoms with Crippen LogP contribution in [0.15, 0.2) is 0 Å². The van der Waals surface area contributed by atoms with Crippen LogP contribution in [0.4, 0.5) is 0 Å². The SMILES string of the molecule is IC1CCCC1.[MgH2]. The minimum absolute atomic E-state index is 0. The molecule has 0 unspecified atom stereocenters. The Kier molecular flexibility index (Phi) is 5.32. The monoisotopic (exact) mass is 222 g/mol. The summed E-state index contributed by atoms with van der Waals surface area (Å²) in [5.41, 5.74) is 0. The van der Waals surface area contributed by atoms with Crippen molar-refractivity contribution >= 4 is 45.6 Å². The van der Waals surface area contributed by atoms with Crippen molar-refractivity contribution in [3.05, 3.63) is 0 Å². The molecule has 1 saturated carbocycles. The van der Waals surface area contributed by atoms with E-state index in [1.54, 1.807) is 0 Å². The van der Waals surface area contributed by atoms with Crippen molar-refractivity contribution in [3.8, 4) is 0 Å². The lowest BCUT2D eigenvalue weighted by Gasteiger charge is -1.88. The van der Waals surface area contributed by atoms with Crippen molar-refractivity contribution in [2.45, 2.75) is 29.6 Å². The van der Waals surface area contributed by atoms with E-state index >= 15 is 0 Å². The summed E-state index contributed by atoms with van der Waals surface area (Å²) in [6.45, 7) is 0. The van der Waals surface area contributed by atoms with Crippen LogP contribution in [0.1, 0.15) is 25.7 Å². The molecule has 0 aromatic rings. The lowest BCUT2D eigenvalue weighted by atomic mass is 10.4. The van der Waals surface area contributed by atoms with E-state index < -0.39 is 0 Å². The zero-order chi connectivity index (χ0) is 4.41. The van der Waals surface area contributed by atoms with Gasteiger partial charge >= 0.3 is 23.1 Å². The zero-order valence-corrected chi connectivity index (χ0v) is 5.94. The smallest absolute Gasteiger partial charge is 0.0826 e. The Morgan fingerprint density at radius 2 is 1.57 bits per heavy atom. The molecule has 40 valence electrons. The van der Waals surface area contributed by atoms with Crippen molar-refractivity contribution in [2.24, 2.45) is 0 Å². The van der Waals surface area contributed by atoms with Crippen LogP contribution in [0.25, 0.3) is 0 Å². The minimum Gasteiger partial charge on any atom is -0.0826 e. The molecule has 0 amide bonds. The van der Waals surface area contributed by atoms with Crippen LogP contribution >= 0.6 is 22.6 Å². The highest BCUT2D eigenvalue weighted by atomic mass is 127. The van der Waals surface area contributed by atoms with Crippen LogP contribution in [0, 0.1) is 0 Å². The van der Waals surface area contributed by atoms with Crippen LogP contribution in [0.5, 0.6) is 0 Å². The normalized spacial score (nSPS) is 21.9. The molecule has 0 bridgehead atoms. The van der Waals surface area contributed by atoms with Crippen LogP contribution < -0.4 is 0 Å². The van der Waals surface area contributed by atoms with Crippen molar-refractivity contribution in [3.63, 3.8) is 0 Å². The molecule has 0 aromatic carbocycles. The number of hydrogen-bond acceptors (Lipinski definition) is 0. The van der Waals surface area contributed by atoms with Crippen molar-refractivity contribution in [2.75, 3.05) is 0 Å². The number of halogens is 1. The molecular formula is C5H11IMg. The zero-order valence-electron chi connectivity index (χ0n) is 3.78. The molecule has 0 nitrogen and oxygen atoms in total. The highest BCUT2D eigenvalue weighted by Gasteiger charge is 2.09. The Morgan fingerprint density at radius 1 is 1.14 bits per heavy atom. The van der Waals surface area contributed by atoms with Gasteiger partial charge in [0.05, 0.1) is 0 Å². The summed E-state index contributed by atoms with van der Waals surface area (Å²) in [4.78, 5) is 0. The van der Waals surface area contributed by atoms with E-state index in [1.165, 1.54) is 25.7 Å². The lowest BCUT2D eigenvalue weighted by Crippen LogP contribution is -1.81. The standard InChI is InChI=1S/C5H9I.Mg.2H/c6-5-3-1-2-4-5;;;/h5H,1-4H2;;;. The van der Waals surface area contributed by atoms with Gasteiger partial charge in [0.2, 0.25) is 0 Å². The van der Waals surface area contributed by atoms with E-state index in [-0.39, 0.29) is 23.1 Å². The van der Waals surface area contributed by atoms with Gasteiger partial charge in [-0.3, -0.25) is 0 Å². The average molecular weight is 222 g/mol. The van der Waals surface area contributed by atoms with E-state index in [0.717, 1.165) is 3.92 Å². The van der Waals surface area contributed by atoms with Gasteiger partial charge in [-0.15, -0.1) is 0 Å². The summed E-state index contributed by atoms with van der Waals surface area (Å²) in [6, 6.07) is 0. The third kappa shape index (κ3) is 3.14. The molecule has 0 saturated heterocycles. The van der Waals surface area contributed by atoms with Gasteiger partial charge in [0.15, 0.2) is 0 Å². The quantitative estimate of drug-likeness (QED) is 0.331. The minimum atomic E-state index is 0. The van der Waals surface area contributed by atoms with Crippen molar-refractivity contribution in [1.82, 2.24) is 0 Å². The van der Waals surface area contributed by atoms with Crippen LogP contribution in [0.3, 0.4) is 0 Å². The topological polar surface area (TPSA) is 0 Å². The molecule has 0 atom stereocenters. The average Bonchev–Trinajstić information content (AvgIpc) is 1.86. The molecule has 0 aromatic heterocycles. The van der Waals surface area contributed by atoms with E-state index in [2.05, 4.69) is 22.6 Å². The van der Waals surface area contributed by atoms with Crippen LogP contribution in [-0.2, 0) is 0 Å². The van der Waals surface area contributed by atoms with Gasteiger partial charge in [0, 0.05) is 3.92 Å². The molecule has 0 radical (unpaired) electrons. The Labute approximate surface area is 74.7 Å². The van der Waals surface area contributed by atoms with Gasteiger partial charge in [-0.25, -0.2) is 0 Å². The third-order valence-electron chi connectivity index (χ3n) is 1.28. The van der Waals surface area contributed by atoms with Crippen molar-refractivity contribution in [1.29, 1.82) is 0 Å². The second-order valence-electron chi connectivity index (χ2n) is 1.88. The number of hydrogen-bond donors (Lipinski definition) is 0. The summed E-state index contributed by atoms with van der Waals surface area (Å²) < 4.78 is 1.02. The maximum absolute atomic E-state index is 2.53. The van der Waals surface area contributed by atoms with E-state index in [0.29, 0.717) is 0 Å². The summed E-state index contributed by atoms with van der Waals surface area (Å²) in [5, 5.41) is 0. The van der Waals surface area contributed by atoms with Gasteiger partial charge in [-0.05, 0) is 12.8 Å². The predicted molar refractivity (Wildman–Crippen MR) is 44.8 cm³/mol. The molecule has 1 aliphatic rings. The molecule has 7 heavy (non-hydrogen) atoms. The van der Waals surface area contributed by atoms with E-state index in [9.17, 15) is 0 Å². The predicted octanol–water partition coefficient (Wildman–Crippen LogP) is 1.45. The van der Waals surface area contributed by atoms with E-state index in [1.807, 2.05) is 0 Å². The molecule has 1 fully saturated rings. The van der Waals surface area contributed by atoms with Gasteiger partial charge in [-0.1, -0.05) is 35.4 Å². The molecule has 1 aliphatic carbocycles. The first kappa shape index (κ1) is 8.50. The van der Waals surface area contributed by atoms with E-state index in [4.69, 9.17) is 0 Å². The Bertz CT molecular complexity index is 41.3. The van der Waals surface area contributed by atoms with Crippen LogP contribution in [-0.4, -0.2) is 27.0 Å². The summed E-state index contributed by atoms with van der Waals surface area (Å²) >= 11 is 2.53. The summed E-state index contributed by atoms with van der Waals surface area (Å²) in [5.74, 6) is 0. The first-order chi connectivity index (χ1) is 2.89. The molecule has 0 heterocycles. The number of alkyl halides is 1. The molecule has 0 spiro atoms. The highest BCUT2D eigenvalue weighted by Crippen LogP contribution is 2.24. The first-order valence-electron chi connectivity index (χ1n) is 2.53. The van der Waals surface area contributed by atoms with Gasteiger partial charge in [-0.2, -0.15) is 0 Å². The van der Waals surface area contributed by atoms with Crippen LogP contribution in [0.2, 0.25) is 0 Å². The Hall–Kier alpha value is 1.50. The lowest BCUT2D eigenvalue weighted by molar-refractivity contribution is 0.886. The second-order valence-corrected chi connectivity index (χ2v) is 3.64. The summed E-state index contributed by atoms with van der Waals surface area (Å²) in [7, 11) is 0. The Morgan fingerprint density at radius 3 is 1.71 bits per heavy atom. The summed E-state index contributed by atoms with van der Waals surface area (Å²) in [6.07, 6.45) is 5.91. The van der Waals surface area contributed by atoms with Gasteiger partial charge < -0.3 is 0 Å². The third-order valence-corrected chi connectivity index (χ3v) is 2.53. The fraction of sp³-hybridized carbons (Fsp3) is 1.00. The second kappa shape index (κ2) is 4.38. The fourth-order valence-electron chi connectivity index (χ4n) is 0.876. The number of rotatable bonds is 0. The fourth-order valence-corrected chi connectivity index (χ4v) is 1.76. The first-order valence-corrected chi connectivity index (χ1v) is 3.78. The molecular weight excluding hydrogens is 211 g/mol. The largest absolute Gasteiger partial charge is 0.316 e. The maximum Gasteiger partial charge on any atom is 0.316 e. The molecule has 0 N–H and O–H groups in total. The highest BCUT2D eigenvalue weighted by molar-refractivity contribution is 14.1.